The van der Waals surface area contributed by atoms with E-state index >= 15 is 0 Å². The maximum Gasteiger partial charge on any atom is 1.00 e. The van der Waals surface area contributed by atoms with Crippen LogP contribution in [0.5, 0.6) is 0 Å². The van der Waals surface area contributed by atoms with Crippen LogP contribution in [0.15, 0.2) is 40.6 Å². The van der Waals surface area contributed by atoms with Gasteiger partial charge in [-0.25, -0.2) is 13.1 Å². The average Bonchev–Trinajstić information content (AvgIpc) is 3.37. The third kappa shape index (κ3) is 10.2. The van der Waals surface area contributed by atoms with Crippen LogP contribution in [0.1, 0.15) is 63.5 Å². The number of nitrogens with one attached hydrogen (secondary N) is 1. The maximum atomic E-state index is 12.2. The quantitative estimate of drug-likeness (QED) is 0.125. The van der Waals surface area contributed by atoms with Gasteiger partial charge >= 0.3 is 103 Å². The molecule has 0 spiro atoms. The van der Waals surface area contributed by atoms with E-state index in [0.29, 0.717) is 50.0 Å². The second-order valence-electron chi connectivity index (χ2n) is 12.3. The molecule has 1 amide bonds. The Hall–Kier alpha value is 0.183. The van der Waals surface area contributed by atoms with Gasteiger partial charge in [0.25, 0.3) is 0 Å². The number of benzene rings is 1. The molecule has 18 heteroatoms. The Morgan fingerprint density at radius 1 is 1.04 bits per heavy atom. The number of carboxylic acids is 1. The Morgan fingerprint density at radius 3 is 2.21 bits per heavy atom. The minimum Gasteiger partial charge on any atom is -0.748 e. The molecule has 0 radical (unpaired) electrons. The van der Waals surface area contributed by atoms with Crippen LogP contribution >= 0.6 is 23.2 Å². The summed E-state index contributed by atoms with van der Waals surface area (Å²) in [5.41, 5.74) is 1.09. The number of rotatable bonds is 8. The monoisotopic (exact) mass is 769 g/mol. The number of piperidine rings is 1. The van der Waals surface area contributed by atoms with E-state index in [2.05, 4.69) is 26.5 Å². The van der Waals surface area contributed by atoms with Gasteiger partial charge in [-0.15, -0.1) is 28.3 Å². The normalized spacial score (nSPS) is 28.5. The van der Waals surface area contributed by atoms with Gasteiger partial charge in [-0.05, 0) is 58.0 Å². The number of carbonyl (C=O) groups is 2. The largest absolute Gasteiger partial charge is 1.00 e. The van der Waals surface area contributed by atoms with Crippen molar-refractivity contribution in [1.29, 1.82) is 5.26 Å². The number of carboxylic acid groups (broad SMARTS) is 1. The molecule has 1 aromatic carbocycles. The summed E-state index contributed by atoms with van der Waals surface area (Å²) in [6.45, 7) is 2.69. The molecule has 2 saturated carbocycles. The number of hydrogen-bond acceptors (Lipinski definition) is 11. The summed E-state index contributed by atoms with van der Waals surface area (Å²) in [5.74, 6) is -1.60. The number of alkyl halides is 2. The molecule has 248 valence electrons. The molecule has 1 N–H and O–H groups in total. The zero-order valence-electron chi connectivity index (χ0n) is 27.2. The van der Waals surface area contributed by atoms with Crippen LogP contribution in [0.2, 0.25) is 0 Å². The zero-order valence-corrected chi connectivity index (χ0v) is 35.7. The molecule has 2 heterocycles. The number of aliphatic carboxylic acids is 1. The molecule has 2 aliphatic carbocycles. The first-order chi connectivity index (χ1) is 21.9. The van der Waals surface area contributed by atoms with E-state index in [-0.39, 0.29) is 145 Å². The summed E-state index contributed by atoms with van der Waals surface area (Å²) in [7, 11) is -4.63. The number of nitrogens with zero attached hydrogens (tertiary/aromatic N) is 6. The van der Waals surface area contributed by atoms with Crippen LogP contribution in [0.3, 0.4) is 0 Å². The van der Waals surface area contributed by atoms with E-state index in [1.165, 1.54) is 11.6 Å². The number of likely N-dealkylation sites (tertiary alicyclic amines) is 1. The third-order valence-electron chi connectivity index (χ3n) is 9.31. The van der Waals surface area contributed by atoms with E-state index in [0.717, 1.165) is 6.42 Å². The average molecular weight is 771 g/mol. The van der Waals surface area contributed by atoms with E-state index in [1.807, 2.05) is 6.07 Å². The van der Waals surface area contributed by atoms with Crippen molar-refractivity contribution in [1.82, 2.24) is 20.0 Å². The molecule has 1 saturated heterocycles. The third-order valence-corrected chi connectivity index (χ3v) is 11.4. The summed E-state index contributed by atoms with van der Waals surface area (Å²) in [6, 6.07) is 9.70. The van der Waals surface area contributed by atoms with Crippen LogP contribution in [-0.4, -0.2) is 86.7 Å². The van der Waals surface area contributed by atoms with Crippen LogP contribution in [-0.2, 0) is 19.7 Å². The molecular weight excluding hydrogens is 736 g/mol. The van der Waals surface area contributed by atoms with E-state index in [9.17, 15) is 32.9 Å². The van der Waals surface area contributed by atoms with Crippen molar-refractivity contribution in [3.8, 4) is 17.3 Å². The number of carbonyl (C=O) groups excluding carboxylic acids is 2. The SMILES string of the molecule is CC(=O)NC1CC(N2CCC(C(=O)[O-])CC2)CCC1N=Nc1c(C#N)c(-c2ccccc2)nn1C1C(Cl)CC(S(=O)(=O)[O-])CC1Cl.[K+].[K+]. The summed E-state index contributed by atoms with van der Waals surface area (Å²) in [6.07, 6.45) is 2.65. The van der Waals surface area contributed by atoms with Gasteiger partial charge in [-0.3, -0.25) is 4.79 Å². The van der Waals surface area contributed by atoms with Crippen molar-refractivity contribution in [2.45, 2.75) is 92.0 Å². The molecule has 13 nitrogen and oxygen atoms in total. The molecule has 2 aromatic rings. The van der Waals surface area contributed by atoms with Crippen LogP contribution in [0, 0.1) is 17.2 Å². The second kappa shape index (κ2) is 18.8. The van der Waals surface area contributed by atoms with Crippen molar-refractivity contribution in [3.05, 3.63) is 35.9 Å². The second-order valence-corrected chi connectivity index (χ2v) is 15.0. The van der Waals surface area contributed by atoms with Gasteiger partial charge in [0.1, 0.15) is 17.3 Å². The molecule has 5 unspecified atom stereocenters. The zero-order chi connectivity index (χ0) is 33.2. The molecule has 3 aliphatic rings. The fourth-order valence-corrected chi connectivity index (χ4v) is 9.09. The van der Waals surface area contributed by atoms with Crippen LogP contribution in [0.4, 0.5) is 5.82 Å². The Balaban J connectivity index is 0.00000312. The van der Waals surface area contributed by atoms with Gasteiger partial charge in [0.15, 0.2) is 5.82 Å². The number of halogens is 2. The van der Waals surface area contributed by atoms with Gasteiger partial charge < -0.3 is 24.7 Å². The molecule has 1 aromatic heterocycles. The summed E-state index contributed by atoms with van der Waals surface area (Å²) < 4.78 is 36.8. The summed E-state index contributed by atoms with van der Waals surface area (Å²) in [5, 5.41) is 35.4. The standard InChI is InChI=1S/C30H37Cl2N7O6S.2K/c1-17(40)34-26-13-20(38-11-9-19(10-12-38)30(41)42)7-8-25(26)35-36-29-22(16-33)27(18-5-3-2-4-6-18)37-39(29)28-23(31)14-21(15-24(28)32)46(43,44)45;;/h2-6,19-21,23-26,28H,7-15H2,1H3,(H,34,40)(H,41,42)(H,43,44,45);;/q;2*+1/p-2. The van der Waals surface area contributed by atoms with Crippen molar-refractivity contribution in [2.75, 3.05) is 13.1 Å². The van der Waals surface area contributed by atoms with Gasteiger partial charge in [0.05, 0.1) is 44.2 Å². The predicted octanol–water partition coefficient (Wildman–Crippen LogP) is -3.14. The van der Waals surface area contributed by atoms with Crippen LogP contribution in [0.25, 0.3) is 11.3 Å². The first kappa shape index (κ1) is 42.6. The van der Waals surface area contributed by atoms with Crippen molar-refractivity contribution >= 4 is 51.0 Å². The maximum absolute atomic E-state index is 12.2. The molecule has 48 heavy (non-hydrogen) atoms. The Kier molecular flexibility index (Phi) is 16.7. The minimum absolute atomic E-state index is 0. The van der Waals surface area contributed by atoms with Gasteiger partial charge in [-0.1, -0.05) is 30.3 Å². The van der Waals surface area contributed by atoms with Crippen molar-refractivity contribution in [3.63, 3.8) is 0 Å². The molecule has 5 atom stereocenters. The number of aromatic nitrogens is 2. The molecule has 1 aliphatic heterocycles. The van der Waals surface area contributed by atoms with Crippen LogP contribution < -0.4 is 113 Å². The van der Waals surface area contributed by atoms with Gasteiger partial charge in [0, 0.05) is 30.4 Å². The Labute approximate surface area is 375 Å². The first-order valence-electron chi connectivity index (χ1n) is 15.3. The predicted molar refractivity (Wildman–Crippen MR) is 166 cm³/mol. The Bertz CT molecular complexity index is 1610. The van der Waals surface area contributed by atoms with Gasteiger partial charge in [0.2, 0.25) is 5.91 Å². The number of hydrogen-bond donors (Lipinski definition) is 1. The van der Waals surface area contributed by atoms with E-state index < -0.39 is 50.1 Å². The molecule has 3 fully saturated rings. The minimum atomic E-state index is -4.63. The molecule has 0 bridgehead atoms. The van der Waals surface area contributed by atoms with E-state index in [4.69, 9.17) is 28.3 Å². The molecular formula is C30H35Cl2K2N7O6S. The summed E-state index contributed by atoms with van der Waals surface area (Å²) >= 11 is 13.4. The molecule has 5 rings (SSSR count). The fourth-order valence-electron chi connectivity index (χ4n) is 6.92. The number of azo groups is 1. The van der Waals surface area contributed by atoms with Gasteiger partial charge in [-0.2, -0.15) is 15.5 Å². The number of nitriles is 1. The fraction of sp³-hybridized carbons (Fsp3) is 0.600. The number of amides is 1. The Morgan fingerprint density at radius 2 is 1.67 bits per heavy atom. The summed E-state index contributed by atoms with van der Waals surface area (Å²) in [4.78, 5) is 25.8. The van der Waals surface area contributed by atoms with Crippen molar-refractivity contribution in [2.24, 2.45) is 16.1 Å². The topological polar surface area (TPSA) is 196 Å². The smallest absolute Gasteiger partial charge is 0.748 e. The van der Waals surface area contributed by atoms with Crippen molar-refractivity contribution < 1.29 is 130 Å². The first-order valence-corrected chi connectivity index (χ1v) is 17.7. The van der Waals surface area contributed by atoms with E-state index in [1.54, 1.807) is 24.3 Å².